The maximum atomic E-state index is 12.2. The highest BCUT2D eigenvalue weighted by Gasteiger charge is 2.55. The van der Waals surface area contributed by atoms with E-state index >= 15 is 0 Å². The zero-order valence-corrected chi connectivity index (χ0v) is 16.3. The van der Waals surface area contributed by atoms with Gasteiger partial charge in [-0.05, 0) is 12.8 Å². The molecule has 0 radical (unpaired) electrons. The molecule has 2 aromatic rings. The summed E-state index contributed by atoms with van der Waals surface area (Å²) in [4.78, 5) is 28.0. The quantitative estimate of drug-likeness (QED) is 0.875. The number of carboxylic acids is 1. The molecule has 7 heteroatoms. The fourth-order valence-electron chi connectivity index (χ4n) is 4.82. The van der Waals surface area contributed by atoms with E-state index in [4.69, 9.17) is 0 Å². The standard InChI is InChI=1S/C21H26N4O3/c1-23-13-16(19(22-23)15-6-4-3-5-7-15)14-25-10-8-21(9-11-25)17(20(27)28)12-18(26)24(21)2/h3-7,13,17H,8-12,14H2,1-2H3,(H,27,28)/t17-/m1/s1. The number of aryl methyl sites for hydroxylation is 1. The van der Waals surface area contributed by atoms with Crippen molar-refractivity contribution in [3.05, 3.63) is 42.1 Å². The summed E-state index contributed by atoms with van der Waals surface area (Å²) in [6.07, 6.45) is 3.55. The van der Waals surface area contributed by atoms with Gasteiger partial charge in [0.1, 0.15) is 0 Å². The van der Waals surface area contributed by atoms with E-state index in [0.29, 0.717) is 12.8 Å². The highest BCUT2D eigenvalue weighted by Crippen LogP contribution is 2.43. The molecule has 1 aromatic heterocycles. The van der Waals surface area contributed by atoms with Crippen LogP contribution in [0.5, 0.6) is 0 Å². The molecule has 2 aliphatic rings. The number of carbonyl (C=O) groups excluding carboxylic acids is 1. The second kappa shape index (κ2) is 7.05. The van der Waals surface area contributed by atoms with Gasteiger partial charge in [-0.1, -0.05) is 30.3 Å². The van der Waals surface area contributed by atoms with E-state index < -0.39 is 17.4 Å². The van der Waals surface area contributed by atoms with Crippen molar-refractivity contribution in [3.8, 4) is 11.3 Å². The lowest BCUT2D eigenvalue weighted by Gasteiger charge is -2.45. The van der Waals surface area contributed by atoms with Crippen LogP contribution in [0.25, 0.3) is 11.3 Å². The minimum atomic E-state index is -0.857. The van der Waals surface area contributed by atoms with E-state index in [-0.39, 0.29) is 12.3 Å². The average Bonchev–Trinajstić information content (AvgIpc) is 3.17. The monoisotopic (exact) mass is 382 g/mol. The van der Waals surface area contributed by atoms with Crippen molar-refractivity contribution >= 4 is 11.9 Å². The second-order valence-electron chi connectivity index (χ2n) is 7.97. The molecule has 1 atom stereocenters. The molecule has 0 unspecified atom stereocenters. The van der Waals surface area contributed by atoms with Crippen LogP contribution in [0, 0.1) is 5.92 Å². The molecular weight excluding hydrogens is 356 g/mol. The first-order valence-corrected chi connectivity index (χ1v) is 9.70. The number of aliphatic carboxylic acids is 1. The molecule has 0 saturated carbocycles. The lowest BCUT2D eigenvalue weighted by Crippen LogP contribution is -2.55. The normalized spacial score (nSPS) is 22.1. The number of rotatable bonds is 4. The van der Waals surface area contributed by atoms with Crippen LogP contribution in [0.4, 0.5) is 0 Å². The number of benzene rings is 1. The second-order valence-corrected chi connectivity index (χ2v) is 7.97. The van der Waals surface area contributed by atoms with Gasteiger partial charge in [-0.15, -0.1) is 0 Å². The molecule has 1 aromatic carbocycles. The summed E-state index contributed by atoms with van der Waals surface area (Å²) in [5.74, 6) is -1.52. The SMILES string of the molecule is CN1C(=O)C[C@H](C(=O)O)C12CCN(Cc1cn(C)nc1-c1ccccc1)CC2. The molecule has 2 fully saturated rings. The Morgan fingerprint density at radius 3 is 2.54 bits per heavy atom. The third-order valence-electron chi connectivity index (χ3n) is 6.44. The molecule has 0 aliphatic carbocycles. The molecule has 1 N–H and O–H groups in total. The Balaban J connectivity index is 1.50. The highest BCUT2D eigenvalue weighted by molar-refractivity contribution is 5.88. The first kappa shape index (κ1) is 18.7. The van der Waals surface area contributed by atoms with Gasteiger partial charge in [0.15, 0.2) is 0 Å². The zero-order chi connectivity index (χ0) is 19.9. The number of carboxylic acid groups (broad SMARTS) is 1. The fourth-order valence-corrected chi connectivity index (χ4v) is 4.82. The summed E-state index contributed by atoms with van der Waals surface area (Å²) >= 11 is 0. The number of piperidine rings is 1. The maximum Gasteiger partial charge on any atom is 0.309 e. The minimum absolute atomic E-state index is 0.0560. The van der Waals surface area contributed by atoms with Crippen molar-refractivity contribution in [3.63, 3.8) is 0 Å². The third-order valence-corrected chi connectivity index (χ3v) is 6.44. The van der Waals surface area contributed by atoms with Crippen LogP contribution in [-0.2, 0) is 23.2 Å². The molecule has 2 aliphatic heterocycles. The summed E-state index contributed by atoms with van der Waals surface area (Å²) in [5, 5.41) is 14.3. The Morgan fingerprint density at radius 1 is 1.21 bits per heavy atom. The van der Waals surface area contributed by atoms with Gasteiger partial charge in [0.25, 0.3) is 0 Å². The van der Waals surface area contributed by atoms with Crippen LogP contribution in [0.1, 0.15) is 24.8 Å². The molecule has 28 heavy (non-hydrogen) atoms. The number of hydrogen-bond acceptors (Lipinski definition) is 4. The van der Waals surface area contributed by atoms with E-state index in [2.05, 4.69) is 28.3 Å². The molecule has 1 spiro atoms. The van der Waals surface area contributed by atoms with Gasteiger partial charge in [0.05, 0.1) is 17.2 Å². The van der Waals surface area contributed by atoms with Crippen molar-refractivity contribution < 1.29 is 14.7 Å². The largest absolute Gasteiger partial charge is 0.481 e. The third kappa shape index (κ3) is 3.09. The van der Waals surface area contributed by atoms with Crippen molar-refractivity contribution in [1.82, 2.24) is 19.6 Å². The maximum absolute atomic E-state index is 12.2. The molecule has 3 heterocycles. The van der Waals surface area contributed by atoms with Crippen LogP contribution in [0.2, 0.25) is 0 Å². The minimum Gasteiger partial charge on any atom is -0.481 e. The van der Waals surface area contributed by atoms with Crippen LogP contribution >= 0.6 is 0 Å². The predicted molar refractivity (Wildman–Crippen MR) is 104 cm³/mol. The Hall–Kier alpha value is -2.67. The molecule has 4 rings (SSSR count). The molecule has 148 valence electrons. The van der Waals surface area contributed by atoms with Crippen LogP contribution < -0.4 is 0 Å². The predicted octanol–water partition coefficient (Wildman–Crippen LogP) is 1.98. The molecule has 7 nitrogen and oxygen atoms in total. The Kier molecular flexibility index (Phi) is 4.71. The smallest absolute Gasteiger partial charge is 0.309 e. The number of likely N-dealkylation sites (tertiary alicyclic amines) is 2. The number of hydrogen-bond donors (Lipinski definition) is 1. The lowest BCUT2D eigenvalue weighted by molar-refractivity contribution is -0.146. The van der Waals surface area contributed by atoms with Gasteiger partial charge in [0, 0.05) is 57.5 Å². The Morgan fingerprint density at radius 2 is 1.89 bits per heavy atom. The van der Waals surface area contributed by atoms with Crippen LogP contribution in [-0.4, -0.2) is 62.2 Å². The van der Waals surface area contributed by atoms with Gasteiger partial charge < -0.3 is 10.0 Å². The van der Waals surface area contributed by atoms with Gasteiger partial charge in [-0.3, -0.25) is 19.2 Å². The summed E-state index contributed by atoms with van der Waals surface area (Å²) in [7, 11) is 3.69. The first-order valence-electron chi connectivity index (χ1n) is 9.70. The van der Waals surface area contributed by atoms with Crippen LogP contribution in [0.3, 0.4) is 0 Å². The zero-order valence-electron chi connectivity index (χ0n) is 16.3. The van der Waals surface area contributed by atoms with E-state index in [1.54, 1.807) is 11.9 Å². The first-order chi connectivity index (χ1) is 13.4. The van der Waals surface area contributed by atoms with Gasteiger partial charge in [0.2, 0.25) is 5.91 Å². The topological polar surface area (TPSA) is 78.7 Å². The Bertz CT molecular complexity index is 884. The number of aromatic nitrogens is 2. The number of carbonyl (C=O) groups is 2. The molecular formula is C21H26N4O3. The van der Waals surface area contributed by atoms with Gasteiger partial charge >= 0.3 is 5.97 Å². The van der Waals surface area contributed by atoms with Crippen molar-refractivity contribution in [2.75, 3.05) is 20.1 Å². The number of nitrogens with zero attached hydrogens (tertiary/aromatic N) is 4. The van der Waals surface area contributed by atoms with E-state index in [9.17, 15) is 14.7 Å². The van der Waals surface area contributed by atoms with E-state index in [1.165, 1.54) is 0 Å². The molecule has 0 bridgehead atoms. The van der Waals surface area contributed by atoms with Crippen molar-refractivity contribution in [1.29, 1.82) is 0 Å². The van der Waals surface area contributed by atoms with Gasteiger partial charge in [-0.25, -0.2) is 0 Å². The molecule has 2 saturated heterocycles. The summed E-state index contributed by atoms with van der Waals surface area (Å²) < 4.78 is 1.84. The summed E-state index contributed by atoms with van der Waals surface area (Å²) in [6.45, 7) is 2.30. The van der Waals surface area contributed by atoms with E-state index in [0.717, 1.165) is 36.5 Å². The van der Waals surface area contributed by atoms with Crippen molar-refractivity contribution in [2.24, 2.45) is 13.0 Å². The Labute approximate surface area is 164 Å². The van der Waals surface area contributed by atoms with Gasteiger partial charge in [-0.2, -0.15) is 5.10 Å². The lowest BCUT2D eigenvalue weighted by atomic mass is 9.77. The summed E-state index contributed by atoms with van der Waals surface area (Å²) in [6, 6.07) is 10.1. The fraction of sp³-hybridized carbons (Fsp3) is 0.476. The van der Waals surface area contributed by atoms with Crippen LogP contribution in [0.15, 0.2) is 36.5 Å². The average molecular weight is 382 g/mol. The summed E-state index contributed by atoms with van der Waals surface area (Å²) in [5.41, 5.74) is 2.70. The number of amides is 1. The molecule has 1 amide bonds. The highest BCUT2D eigenvalue weighted by atomic mass is 16.4. The van der Waals surface area contributed by atoms with E-state index in [1.807, 2.05) is 29.9 Å². The van der Waals surface area contributed by atoms with Crippen molar-refractivity contribution in [2.45, 2.75) is 31.3 Å².